The first-order valence-corrected chi connectivity index (χ1v) is 10.6. The van der Waals surface area contributed by atoms with E-state index in [0.29, 0.717) is 6.54 Å². The fourth-order valence-corrected chi connectivity index (χ4v) is 4.97. The molecule has 1 aliphatic heterocycles. The highest BCUT2D eigenvalue weighted by Gasteiger charge is 2.32. The zero-order chi connectivity index (χ0) is 18.5. The maximum Gasteiger partial charge on any atom is 0.355 e. The third-order valence-electron chi connectivity index (χ3n) is 4.51. The number of carbonyl (C=O) groups excluding carboxylic acids is 1. The molecule has 2 aromatic rings. The van der Waals surface area contributed by atoms with Crippen molar-refractivity contribution in [3.63, 3.8) is 0 Å². The van der Waals surface area contributed by atoms with Crippen molar-refractivity contribution in [2.24, 2.45) is 0 Å². The van der Waals surface area contributed by atoms with Gasteiger partial charge in [-0.1, -0.05) is 49.4 Å². The van der Waals surface area contributed by atoms with E-state index < -0.39 is 5.97 Å². The summed E-state index contributed by atoms with van der Waals surface area (Å²) in [5.41, 5.74) is 2.51. The van der Waals surface area contributed by atoms with Crippen LogP contribution in [0.5, 0.6) is 0 Å². The van der Waals surface area contributed by atoms with Crippen molar-refractivity contribution in [1.82, 2.24) is 9.88 Å². The molecule has 0 spiro atoms. The van der Waals surface area contributed by atoms with Gasteiger partial charge < -0.3 is 10.0 Å². The number of rotatable bonds is 8. The van der Waals surface area contributed by atoms with Crippen LogP contribution in [-0.2, 0) is 11.2 Å². The summed E-state index contributed by atoms with van der Waals surface area (Å²) in [6, 6.07) is 8.45. The summed E-state index contributed by atoms with van der Waals surface area (Å²) in [4.78, 5) is 29.5. The molecule has 1 fully saturated rings. The summed E-state index contributed by atoms with van der Waals surface area (Å²) in [5, 5.41) is 10.4. The zero-order valence-corrected chi connectivity index (χ0v) is 16.3. The molecule has 0 bridgehead atoms. The number of benzene rings is 1. The highest BCUT2D eigenvalue weighted by atomic mass is 32.2. The van der Waals surface area contributed by atoms with Crippen molar-refractivity contribution in [2.75, 3.05) is 18.8 Å². The second-order valence-electron chi connectivity index (χ2n) is 6.31. The summed E-state index contributed by atoms with van der Waals surface area (Å²) < 4.78 is 0.733. The minimum Gasteiger partial charge on any atom is -0.476 e. The van der Waals surface area contributed by atoms with Crippen molar-refractivity contribution in [2.45, 2.75) is 36.4 Å². The van der Waals surface area contributed by atoms with Crippen molar-refractivity contribution in [1.29, 1.82) is 0 Å². The number of hydrogen-bond acceptors (Lipinski definition) is 5. The number of likely N-dealkylation sites (tertiary alicyclic amines) is 1. The average molecular weight is 391 g/mol. The molecule has 1 N–H and O–H groups in total. The van der Waals surface area contributed by atoms with E-state index >= 15 is 0 Å². The molecule has 1 aliphatic rings. The van der Waals surface area contributed by atoms with E-state index in [4.69, 9.17) is 5.11 Å². The molecule has 2 heterocycles. The number of hydrogen-bond donors (Lipinski definition) is 1. The van der Waals surface area contributed by atoms with Gasteiger partial charge in [-0.05, 0) is 24.0 Å². The van der Waals surface area contributed by atoms with Gasteiger partial charge in [0.25, 0.3) is 0 Å². The highest BCUT2D eigenvalue weighted by molar-refractivity contribution is 8.01. The lowest BCUT2D eigenvalue weighted by molar-refractivity contribution is -0.128. The standard InChI is InChI=1S/C19H22N2O3S2/c1-2-3-13-4-6-14(7-5-13)15-8-9-21(17(15)22)10-11-25-19-20-16(12-26-19)18(23)24/h4-7,12,15H,2-3,8-11H2,1H3,(H,23,24). The molecule has 0 saturated carbocycles. The van der Waals surface area contributed by atoms with Gasteiger partial charge in [0.05, 0.1) is 5.92 Å². The third kappa shape index (κ3) is 4.45. The monoisotopic (exact) mass is 390 g/mol. The van der Waals surface area contributed by atoms with E-state index in [1.807, 2.05) is 4.90 Å². The van der Waals surface area contributed by atoms with Gasteiger partial charge in [-0.25, -0.2) is 9.78 Å². The van der Waals surface area contributed by atoms with Crippen molar-refractivity contribution < 1.29 is 14.7 Å². The SMILES string of the molecule is CCCc1ccc(C2CCN(CCSc3nc(C(=O)O)cs3)C2=O)cc1. The number of nitrogens with zero attached hydrogens (tertiary/aromatic N) is 2. The molecular weight excluding hydrogens is 368 g/mol. The van der Waals surface area contributed by atoms with E-state index in [1.165, 1.54) is 28.7 Å². The number of carbonyl (C=O) groups is 2. The van der Waals surface area contributed by atoms with Crippen LogP contribution in [0.1, 0.15) is 47.3 Å². The first-order valence-electron chi connectivity index (χ1n) is 8.77. The second-order valence-corrected chi connectivity index (χ2v) is 8.51. The van der Waals surface area contributed by atoms with Gasteiger partial charge in [0, 0.05) is 24.2 Å². The smallest absolute Gasteiger partial charge is 0.355 e. The number of carboxylic acid groups (broad SMARTS) is 1. The van der Waals surface area contributed by atoms with Gasteiger partial charge in [0.2, 0.25) is 5.91 Å². The lowest BCUT2D eigenvalue weighted by Crippen LogP contribution is -2.29. The van der Waals surface area contributed by atoms with Crippen LogP contribution in [-0.4, -0.2) is 45.7 Å². The van der Waals surface area contributed by atoms with Gasteiger partial charge in [-0.15, -0.1) is 11.3 Å². The van der Waals surface area contributed by atoms with Crippen LogP contribution in [0, 0.1) is 0 Å². The van der Waals surface area contributed by atoms with Gasteiger partial charge in [-0.2, -0.15) is 0 Å². The molecule has 26 heavy (non-hydrogen) atoms. The summed E-state index contributed by atoms with van der Waals surface area (Å²) in [5.74, 6) is -0.121. The molecular formula is C19H22N2O3S2. The molecule has 138 valence electrons. The maximum atomic E-state index is 12.7. The Labute approximate surface area is 161 Å². The molecule has 0 radical (unpaired) electrons. The normalized spacial score (nSPS) is 17.0. The Bertz CT molecular complexity index is 773. The molecule has 1 atom stereocenters. The molecule has 1 saturated heterocycles. The number of aromatic carboxylic acids is 1. The highest BCUT2D eigenvalue weighted by Crippen LogP contribution is 2.30. The van der Waals surface area contributed by atoms with Gasteiger partial charge in [-0.3, -0.25) is 4.79 Å². The van der Waals surface area contributed by atoms with Gasteiger partial charge in [0.1, 0.15) is 0 Å². The number of thioether (sulfide) groups is 1. The summed E-state index contributed by atoms with van der Waals surface area (Å²) in [6.07, 6.45) is 3.06. The topological polar surface area (TPSA) is 70.5 Å². The van der Waals surface area contributed by atoms with E-state index in [9.17, 15) is 9.59 Å². The Morgan fingerprint density at radius 2 is 2.15 bits per heavy atom. The van der Waals surface area contributed by atoms with Gasteiger partial charge >= 0.3 is 5.97 Å². The Morgan fingerprint density at radius 1 is 1.38 bits per heavy atom. The first kappa shape index (κ1) is 18.9. The molecule has 1 amide bonds. The van der Waals surface area contributed by atoms with E-state index in [1.54, 1.807) is 5.38 Å². The largest absolute Gasteiger partial charge is 0.476 e. The van der Waals surface area contributed by atoms with Crippen LogP contribution in [0.15, 0.2) is 34.0 Å². The van der Waals surface area contributed by atoms with Crippen LogP contribution >= 0.6 is 23.1 Å². The average Bonchev–Trinajstić information content (AvgIpc) is 3.24. The quantitative estimate of drug-likeness (QED) is 0.692. The Kier molecular flexibility index (Phi) is 6.32. The Hall–Kier alpha value is -1.86. The molecule has 1 unspecified atom stereocenters. The van der Waals surface area contributed by atoms with Crippen LogP contribution in [0.2, 0.25) is 0 Å². The van der Waals surface area contributed by atoms with Crippen molar-refractivity contribution in [3.05, 3.63) is 46.5 Å². The first-order chi connectivity index (χ1) is 12.6. The van der Waals surface area contributed by atoms with Crippen LogP contribution in [0.25, 0.3) is 0 Å². The van der Waals surface area contributed by atoms with E-state index in [2.05, 4.69) is 36.2 Å². The lowest BCUT2D eigenvalue weighted by Gasteiger charge is -2.16. The summed E-state index contributed by atoms with van der Waals surface area (Å²) in [7, 11) is 0. The minimum atomic E-state index is -1.00. The number of carboxylic acids is 1. The Morgan fingerprint density at radius 3 is 2.81 bits per heavy atom. The molecule has 7 heteroatoms. The minimum absolute atomic E-state index is 0.0332. The van der Waals surface area contributed by atoms with E-state index in [-0.39, 0.29) is 17.5 Å². The van der Waals surface area contributed by atoms with Crippen LogP contribution < -0.4 is 0 Å². The fraction of sp³-hybridized carbons (Fsp3) is 0.421. The van der Waals surface area contributed by atoms with Crippen molar-refractivity contribution >= 4 is 35.0 Å². The number of aromatic nitrogens is 1. The van der Waals surface area contributed by atoms with Crippen LogP contribution in [0.4, 0.5) is 0 Å². The molecule has 0 aliphatic carbocycles. The number of thiazole rings is 1. The fourth-order valence-electron chi connectivity index (χ4n) is 3.14. The summed E-state index contributed by atoms with van der Waals surface area (Å²) >= 11 is 2.83. The predicted octanol–water partition coefficient (Wildman–Crippen LogP) is 3.90. The number of amides is 1. The zero-order valence-electron chi connectivity index (χ0n) is 14.7. The maximum absolute atomic E-state index is 12.7. The lowest BCUT2D eigenvalue weighted by atomic mass is 9.96. The predicted molar refractivity (Wildman–Crippen MR) is 104 cm³/mol. The summed E-state index contributed by atoms with van der Waals surface area (Å²) in [6.45, 7) is 3.60. The molecule has 1 aromatic heterocycles. The second kappa shape index (κ2) is 8.68. The number of aryl methyl sites for hydroxylation is 1. The van der Waals surface area contributed by atoms with E-state index in [0.717, 1.165) is 41.5 Å². The third-order valence-corrected chi connectivity index (χ3v) is 6.51. The molecule has 5 nitrogen and oxygen atoms in total. The molecule has 1 aromatic carbocycles. The van der Waals surface area contributed by atoms with Gasteiger partial charge in [0.15, 0.2) is 10.0 Å². The molecule has 3 rings (SSSR count). The van der Waals surface area contributed by atoms with Crippen molar-refractivity contribution in [3.8, 4) is 0 Å². The Balaban J connectivity index is 1.51. The van der Waals surface area contributed by atoms with Crippen LogP contribution in [0.3, 0.4) is 0 Å².